The molecular weight excluding hydrogens is 326 g/mol. The molecule has 3 aromatic rings. The Morgan fingerprint density at radius 3 is 2.81 bits per heavy atom. The Morgan fingerprint density at radius 2 is 2.00 bits per heavy atom. The summed E-state index contributed by atoms with van der Waals surface area (Å²) < 4.78 is 7.45. The fourth-order valence-corrected chi connectivity index (χ4v) is 3.16. The monoisotopic (exact) mass is 353 g/mol. The highest BCUT2D eigenvalue weighted by atomic mass is 16.3. The smallest absolute Gasteiger partial charge is 0.286 e. The van der Waals surface area contributed by atoms with Gasteiger partial charge in [-0.15, -0.1) is 0 Å². The first-order valence-electron chi connectivity index (χ1n) is 9.55. The van der Waals surface area contributed by atoms with Gasteiger partial charge in [0.15, 0.2) is 5.76 Å². The minimum absolute atomic E-state index is 0.142. The second-order valence-electron chi connectivity index (χ2n) is 6.57. The molecule has 3 rings (SSSR count). The standard InChI is InChI=1S/C21H27N3O2/c1-2-3-15-24-18-11-7-6-10-17(18)23-20(24)13-5-4-8-14-22-21(25)19-12-9-16-26-19/h6-7,9-12,16H,2-5,8,13-15H2,1H3,(H,22,25). The summed E-state index contributed by atoms with van der Waals surface area (Å²) in [6.07, 6.45) is 7.95. The molecule has 1 amide bonds. The van der Waals surface area contributed by atoms with Crippen LogP contribution in [0.4, 0.5) is 0 Å². The molecule has 5 heteroatoms. The maximum atomic E-state index is 11.8. The van der Waals surface area contributed by atoms with E-state index in [1.54, 1.807) is 12.1 Å². The Balaban J connectivity index is 1.46. The van der Waals surface area contributed by atoms with Gasteiger partial charge in [0, 0.05) is 19.5 Å². The van der Waals surface area contributed by atoms with Crippen LogP contribution in [-0.4, -0.2) is 22.0 Å². The van der Waals surface area contributed by atoms with E-state index in [4.69, 9.17) is 9.40 Å². The Hall–Kier alpha value is -2.56. The lowest BCUT2D eigenvalue weighted by Crippen LogP contribution is -2.23. The van der Waals surface area contributed by atoms with Gasteiger partial charge in [0.25, 0.3) is 5.91 Å². The van der Waals surface area contributed by atoms with E-state index in [1.165, 1.54) is 30.4 Å². The van der Waals surface area contributed by atoms with Gasteiger partial charge in [-0.05, 0) is 43.5 Å². The molecule has 0 fully saturated rings. The van der Waals surface area contributed by atoms with E-state index in [9.17, 15) is 4.79 Å². The largest absolute Gasteiger partial charge is 0.459 e. The van der Waals surface area contributed by atoms with Gasteiger partial charge in [-0.25, -0.2) is 4.98 Å². The number of aryl methyl sites for hydroxylation is 2. The molecular formula is C21H27N3O2. The molecule has 0 bridgehead atoms. The number of nitrogens with one attached hydrogen (secondary N) is 1. The molecule has 1 N–H and O–H groups in total. The predicted octanol–water partition coefficient (Wildman–Crippen LogP) is 4.57. The molecule has 26 heavy (non-hydrogen) atoms. The zero-order valence-electron chi connectivity index (χ0n) is 15.4. The number of rotatable bonds is 10. The fourth-order valence-electron chi connectivity index (χ4n) is 3.16. The molecule has 0 aliphatic rings. The minimum atomic E-state index is -0.142. The number of hydrogen-bond acceptors (Lipinski definition) is 3. The van der Waals surface area contributed by atoms with Crippen molar-refractivity contribution in [3.8, 4) is 0 Å². The first-order valence-corrected chi connectivity index (χ1v) is 9.55. The van der Waals surface area contributed by atoms with Crippen LogP contribution in [0.15, 0.2) is 47.1 Å². The summed E-state index contributed by atoms with van der Waals surface area (Å²) in [4.78, 5) is 16.6. The van der Waals surface area contributed by atoms with Gasteiger partial charge in [-0.3, -0.25) is 4.79 Å². The van der Waals surface area contributed by atoms with Gasteiger partial charge in [0.1, 0.15) is 5.82 Å². The van der Waals surface area contributed by atoms with Crippen molar-refractivity contribution < 1.29 is 9.21 Å². The van der Waals surface area contributed by atoms with E-state index in [0.29, 0.717) is 12.3 Å². The average Bonchev–Trinajstić information content (AvgIpc) is 3.30. The lowest BCUT2D eigenvalue weighted by molar-refractivity contribution is 0.0925. The summed E-state index contributed by atoms with van der Waals surface area (Å²) in [7, 11) is 0. The second-order valence-corrected chi connectivity index (χ2v) is 6.57. The van der Waals surface area contributed by atoms with Crippen molar-refractivity contribution in [3.05, 3.63) is 54.2 Å². The molecule has 5 nitrogen and oxygen atoms in total. The van der Waals surface area contributed by atoms with E-state index in [1.807, 2.05) is 6.07 Å². The normalized spacial score (nSPS) is 11.1. The average molecular weight is 353 g/mol. The Labute approximate surface area is 154 Å². The molecule has 0 saturated carbocycles. The van der Waals surface area contributed by atoms with Crippen LogP contribution < -0.4 is 5.32 Å². The molecule has 0 radical (unpaired) electrons. The van der Waals surface area contributed by atoms with Gasteiger partial charge < -0.3 is 14.3 Å². The quantitative estimate of drug-likeness (QED) is 0.543. The number of aromatic nitrogens is 2. The summed E-state index contributed by atoms with van der Waals surface area (Å²) >= 11 is 0. The minimum Gasteiger partial charge on any atom is -0.459 e. The maximum absolute atomic E-state index is 11.8. The van der Waals surface area contributed by atoms with Crippen LogP contribution >= 0.6 is 0 Å². The van der Waals surface area contributed by atoms with Gasteiger partial charge in [-0.1, -0.05) is 31.9 Å². The van der Waals surface area contributed by atoms with Crippen LogP contribution in [-0.2, 0) is 13.0 Å². The third-order valence-electron chi connectivity index (χ3n) is 4.58. The van der Waals surface area contributed by atoms with E-state index in [2.05, 4.69) is 35.0 Å². The lowest BCUT2D eigenvalue weighted by atomic mass is 10.2. The van der Waals surface area contributed by atoms with E-state index in [-0.39, 0.29) is 5.91 Å². The lowest BCUT2D eigenvalue weighted by Gasteiger charge is -2.08. The van der Waals surface area contributed by atoms with Gasteiger partial charge in [-0.2, -0.15) is 0 Å². The van der Waals surface area contributed by atoms with Crippen molar-refractivity contribution in [3.63, 3.8) is 0 Å². The number of imidazole rings is 1. The zero-order chi connectivity index (χ0) is 18.2. The number of furan rings is 1. The third-order valence-corrected chi connectivity index (χ3v) is 4.58. The molecule has 0 atom stereocenters. The molecule has 0 unspecified atom stereocenters. The molecule has 0 spiro atoms. The molecule has 0 aliphatic heterocycles. The number of benzene rings is 1. The topological polar surface area (TPSA) is 60.1 Å². The molecule has 0 aliphatic carbocycles. The highest BCUT2D eigenvalue weighted by Crippen LogP contribution is 2.18. The number of amides is 1. The van der Waals surface area contributed by atoms with Crippen molar-refractivity contribution in [2.24, 2.45) is 0 Å². The highest BCUT2D eigenvalue weighted by molar-refractivity contribution is 5.91. The van der Waals surface area contributed by atoms with Crippen LogP contribution in [0.2, 0.25) is 0 Å². The van der Waals surface area contributed by atoms with Crippen LogP contribution in [0.25, 0.3) is 11.0 Å². The van der Waals surface area contributed by atoms with E-state index in [0.717, 1.165) is 37.7 Å². The number of fused-ring (bicyclic) bond motifs is 1. The van der Waals surface area contributed by atoms with Crippen LogP contribution in [0.5, 0.6) is 0 Å². The van der Waals surface area contributed by atoms with Gasteiger partial charge >= 0.3 is 0 Å². The van der Waals surface area contributed by atoms with Crippen molar-refractivity contribution in [2.75, 3.05) is 6.54 Å². The van der Waals surface area contributed by atoms with Crippen molar-refractivity contribution in [2.45, 2.75) is 52.0 Å². The number of para-hydroxylation sites is 2. The summed E-state index contributed by atoms with van der Waals surface area (Å²) in [5.74, 6) is 1.41. The number of carbonyl (C=O) groups is 1. The third kappa shape index (κ3) is 4.54. The summed E-state index contributed by atoms with van der Waals surface area (Å²) in [6.45, 7) is 3.92. The number of unbranched alkanes of at least 4 members (excludes halogenated alkanes) is 3. The van der Waals surface area contributed by atoms with Crippen molar-refractivity contribution in [1.29, 1.82) is 0 Å². The van der Waals surface area contributed by atoms with Gasteiger partial charge in [0.2, 0.25) is 0 Å². The Bertz CT molecular complexity index is 821. The Kier molecular flexibility index (Phi) is 6.47. The number of hydrogen-bond donors (Lipinski definition) is 1. The summed E-state index contributed by atoms with van der Waals surface area (Å²) in [5, 5.41) is 2.89. The summed E-state index contributed by atoms with van der Waals surface area (Å²) in [6, 6.07) is 11.8. The second kappa shape index (κ2) is 9.22. The first-order chi connectivity index (χ1) is 12.8. The molecule has 1 aromatic carbocycles. The highest BCUT2D eigenvalue weighted by Gasteiger charge is 2.10. The zero-order valence-corrected chi connectivity index (χ0v) is 15.4. The van der Waals surface area contributed by atoms with Crippen molar-refractivity contribution in [1.82, 2.24) is 14.9 Å². The number of nitrogens with zero attached hydrogens (tertiary/aromatic N) is 2. The van der Waals surface area contributed by atoms with Crippen molar-refractivity contribution >= 4 is 16.9 Å². The van der Waals surface area contributed by atoms with E-state index < -0.39 is 0 Å². The molecule has 138 valence electrons. The first kappa shape index (κ1) is 18.2. The predicted molar refractivity (Wildman–Crippen MR) is 103 cm³/mol. The SMILES string of the molecule is CCCCn1c(CCCCCNC(=O)c2ccco2)nc2ccccc21. The van der Waals surface area contributed by atoms with E-state index >= 15 is 0 Å². The summed E-state index contributed by atoms with van der Waals surface area (Å²) in [5.41, 5.74) is 2.32. The molecule has 2 aromatic heterocycles. The maximum Gasteiger partial charge on any atom is 0.286 e. The molecule has 2 heterocycles. The Morgan fingerprint density at radius 1 is 1.12 bits per heavy atom. The number of carbonyl (C=O) groups excluding carboxylic acids is 1. The van der Waals surface area contributed by atoms with Crippen LogP contribution in [0, 0.1) is 0 Å². The van der Waals surface area contributed by atoms with Crippen LogP contribution in [0.1, 0.15) is 55.4 Å². The molecule has 0 saturated heterocycles. The fraction of sp³-hybridized carbons (Fsp3) is 0.429. The van der Waals surface area contributed by atoms with Gasteiger partial charge in [0.05, 0.1) is 17.3 Å². The van der Waals surface area contributed by atoms with Crippen LogP contribution in [0.3, 0.4) is 0 Å².